The van der Waals surface area contributed by atoms with E-state index in [4.69, 9.17) is 0 Å². The van der Waals surface area contributed by atoms with Crippen LogP contribution in [0.2, 0.25) is 0 Å². The van der Waals surface area contributed by atoms with Crippen molar-refractivity contribution in [2.75, 3.05) is 25.0 Å². The number of nitrogens with zero attached hydrogens (tertiary/aromatic N) is 2. The number of nitrogens with one attached hydrogen (secondary N) is 1. The highest BCUT2D eigenvalue weighted by Crippen LogP contribution is 2.34. The van der Waals surface area contributed by atoms with Crippen LogP contribution in [0, 0.1) is 11.8 Å². The lowest BCUT2D eigenvalue weighted by Crippen LogP contribution is -2.28. The van der Waals surface area contributed by atoms with Crippen molar-refractivity contribution in [2.24, 2.45) is 11.8 Å². The lowest BCUT2D eigenvalue weighted by Gasteiger charge is -2.22. The average Bonchev–Trinajstić information content (AvgIpc) is 3.33. The average molecular weight is 273 g/mol. The van der Waals surface area contributed by atoms with Crippen LogP contribution >= 0.6 is 0 Å². The monoisotopic (exact) mass is 273 g/mol. The Labute approximate surface area is 122 Å². The van der Waals surface area contributed by atoms with Gasteiger partial charge in [0.2, 0.25) is 0 Å². The highest BCUT2D eigenvalue weighted by atomic mass is 15.1. The van der Waals surface area contributed by atoms with E-state index in [1.54, 1.807) is 0 Å². The van der Waals surface area contributed by atoms with Gasteiger partial charge in [0.05, 0.1) is 5.69 Å². The zero-order valence-corrected chi connectivity index (χ0v) is 12.6. The summed E-state index contributed by atoms with van der Waals surface area (Å²) in [5.74, 6) is 1.94. The van der Waals surface area contributed by atoms with Crippen LogP contribution in [-0.2, 0) is 6.54 Å². The molecule has 0 amide bonds. The van der Waals surface area contributed by atoms with Gasteiger partial charge in [0.1, 0.15) is 0 Å². The normalized spacial score (nSPS) is 18.5. The molecule has 1 N–H and O–H groups in total. The minimum atomic E-state index is 0.968. The molecule has 0 radical (unpaired) electrons. The van der Waals surface area contributed by atoms with Crippen molar-refractivity contribution >= 4 is 5.69 Å². The van der Waals surface area contributed by atoms with Crippen LogP contribution in [0.3, 0.4) is 0 Å². The molecule has 0 saturated heterocycles. The highest BCUT2D eigenvalue weighted by Gasteiger charge is 2.29. The van der Waals surface area contributed by atoms with Crippen LogP contribution < -0.4 is 5.32 Å². The fraction of sp³-hybridized carbons (Fsp3) is 0.706. The fourth-order valence-electron chi connectivity index (χ4n) is 2.71. The molecule has 2 aliphatic carbocycles. The Balaban J connectivity index is 1.57. The van der Waals surface area contributed by atoms with Gasteiger partial charge in [-0.25, -0.2) is 0 Å². The van der Waals surface area contributed by atoms with E-state index in [1.165, 1.54) is 50.2 Å². The third-order valence-electron chi connectivity index (χ3n) is 4.21. The predicted molar refractivity (Wildman–Crippen MR) is 83.7 cm³/mol. The van der Waals surface area contributed by atoms with Crippen molar-refractivity contribution in [2.45, 2.75) is 45.6 Å². The second kappa shape index (κ2) is 6.57. The summed E-state index contributed by atoms with van der Waals surface area (Å²) in [7, 11) is 0. The van der Waals surface area contributed by atoms with Gasteiger partial charge in [-0.2, -0.15) is 0 Å². The van der Waals surface area contributed by atoms with Crippen molar-refractivity contribution in [3.05, 3.63) is 24.0 Å². The Bertz CT molecular complexity index is 410. The second-order valence-electron chi connectivity index (χ2n) is 6.54. The molecule has 2 fully saturated rings. The molecule has 0 bridgehead atoms. The van der Waals surface area contributed by atoms with Crippen molar-refractivity contribution in [1.82, 2.24) is 9.88 Å². The highest BCUT2D eigenvalue weighted by molar-refractivity contribution is 5.43. The molecule has 3 heteroatoms. The van der Waals surface area contributed by atoms with Crippen LogP contribution in [0.25, 0.3) is 0 Å². The lowest BCUT2D eigenvalue weighted by molar-refractivity contribution is 0.241. The third kappa shape index (κ3) is 4.48. The Kier molecular flexibility index (Phi) is 4.56. The van der Waals surface area contributed by atoms with Crippen molar-refractivity contribution in [3.8, 4) is 0 Å². The van der Waals surface area contributed by atoms with E-state index in [1.807, 2.05) is 6.20 Å². The number of anilines is 1. The van der Waals surface area contributed by atoms with Gasteiger partial charge in [0, 0.05) is 38.1 Å². The Morgan fingerprint density at radius 2 is 1.90 bits per heavy atom. The summed E-state index contributed by atoms with van der Waals surface area (Å²) in [6, 6.07) is 4.30. The topological polar surface area (TPSA) is 28.2 Å². The van der Waals surface area contributed by atoms with Gasteiger partial charge in [0.25, 0.3) is 0 Å². The molecule has 1 aromatic rings. The number of rotatable bonds is 9. The van der Waals surface area contributed by atoms with Crippen LogP contribution in [0.4, 0.5) is 5.69 Å². The molecule has 0 aliphatic heterocycles. The molecule has 3 rings (SSSR count). The van der Waals surface area contributed by atoms with E-state index in [2.05, 4.69) is 34.3 Å². The summed E-state index contributed by atoms with van der Waals surface area (Å²) in [4.78, 5) is 7.20. The van der Waals surface area contributed by atoms with Crippen LogP contribution in [0.15, 0.2) is 18.3 Å². The number of aromatic nitrogens is 1. The molecular formula is C17H27N3. The fourth-order valence-corrected chi connectivity index (χ4v) is 2.71. The number of pyridine rings is 1. The van der Waals surface area contributed by atoms with Gasteiger partial charge in [-0.3, -0.25) is 9.88 Å². The number of hydrogen-bond donors (Lipinski definition) is 1. The third-order valence-corrected chi connectivity index (χ3v) is 4.21. The molecule has 0 atom stereocenters. The SMILES string of the molecule is CCCNc1ccnc(CN(CC2CC2)CC2CC2)c1. The van der Waals surface area contributed by atoms with E-state index in [-0.39, 0.29) is 0 Å². The Morgan fingerprint density at radius 3 is 2.50 bits per heavy atom. The Hall–Kier alpha value is -1.09. The molecule has 110 valence electrons. The van der Waals surface area contributed by atoms with E-state index in [9.17, 15) is 0 Å². The minimum Gasteiger partial charge on any atom is -0.385 e. The van der Waals surface area contributed by atoms with Crippen LogP contribution in [0.5, 0.6) is 0 Å². The first-order valence-corrected chi connectivity index (χ1v) is 8.24. The summed E-state index contributed by atoms with van der Waals surface area (Å²) in [6.45, 7) is 6.82. The van der Waals surface area contributed by atoms with Gasteiger partial charge in [-0.05, 0) is 56.1 Å². The summed E-state index contributed by atoms with van der Waals surface area (Å²) in [6.07, 6.45) is 8.85. The molecule has 1 aromatic heterocycles. The first-order chi connectivity index (χ1) is 9.83. The molecular weight excluding hydrogens is 246 g/mol. The maximum atomic E-state index is 4.56. The number of hydrogen-bond acceptors (Lipinski definition) is 3. The van der Waals surface area contributed by atoms with E-state index >= 15 is 0 Å². The van der Waals surface area contributed by atoms with Crippen molar-refractivity contribution < 1.29 is 0 Å². The van der Waals surface area contributed by atoms with E-state index in [0.717, 1.165) is 31.3 Å². The molecule has 1 heterocycles. The molecule has 2 saturated carbocycles. The van der Waals surface area contributed by atoms with Crippen molar-refractivity contribution in [3.63, 3.8) is 0 Å². The minimum absolute atomic E-state index is 0.968. The molecule has 0 aromatic carbocycles. The Morgan fingerprint density at radius 1 is 1.20 bits per heavy atom. The van der Waals surface area contributed by atoms with Gasteiger partial charge < -0.3 is 5.32 Å². The first kappa shape index (κ1) is 13.9. The van der Waals surface area contributed by atoms with E-state index in [0.29, 0.717) is 0 Å². The predicted octanol–water partition coefficient (Wildman–Crippen LogP) is 3.53. The quantitative estimate of drug-likeness (QED) is 0.746. The summed E-state index contributed by atoms with van der Waals surface area (Å²) in [5.41, 5.74) is 2.43. The molecule has 0 spiro atoms. The molecule has 0 unspecified atom stereocenters. The van der Waals surface area contributed by atoms with Gasteiger partial charge in [-0.15, -0.1) is 0 Å². The van der Waals surface area contributed by atoms with Gasteiger partial charge in [-0.1, -0.05) is 6.92 Å². The molecule has 20 heavy (non-hydrogen) atoms. The zero-order chi connectivity index (χ0) is 13.8. The zero-order valence-electron chi connectivity index (χ0n) is 12.6. The standard InChI is InChI=1S/C17H27N3/c1-2-8-18-16-7-9-19-17(10-16)13-20(11-14-3-4-14)12-15-5-6-15/h7,9-10,14-15H,2-6,8,11-13H2,1H3,(H,18,19). The maximum absolute atomic E-state index is 4.56. The first-order valence-electron chi connectivity index (χ1n) is 8.24. The van der Waals surface area contributed by atoms with E-state index < -0.39 is 0 Å². The molecule has 3 nitrogen and oxygen atoms in total. The summed E-state index contributed by atoms with van der Waals surface area (Å²) < 4.78 is 0. The van der Waals surface area contributed by atoms with Crippen LogP contribution in [0.1, 0.15) is 44.7 Å². The largest absolute Gasteiger partial charge is 0.385 e. The van der Waals surface area contributed by atoms with Crippen molar-refractivity contribution in [1.29, 1.82) is 0 Å². The van der Waals surface area contributed by atoms with Crippen LogP contribution in [-0.4, -0.2) is 29.5 Å². The maximum Gasteiger partial charge on any atom is 0.0564 e. The second-order valence-corrected chi connectivity index (χ2v) is 6.54. The summed E-state index contributed by atoms with van der Waals surface area (Å²) in [5, 5.41) is 3.46. The lowest BCUT2D eigenvalue weighted by atomic mass is 10.2. The smallest absolute Gasteiger partial charge is 0.0564 e. The summed E-state index contributed by atoms with van der Waals surface area (Å²) >= 11 is 0. The van der Waals surface area contributed by atoms with Gasteiger partial charge in [0.15, 0.2) is 0 Å². The molecule has 2 aliphatic rings. The van der Waals surface area contributed by atoms with Gasteiger partial charge >= 0.3 is 0 Å².